The second-order valence-corrected chi connectivity index (χ2v) is 8.15. The third kappa shape index (κ3) is 5.42. The monoisotopic (exact) mass is 375 g/mol. The maximum absolute atomic E-state index is 12.2. The molecule has 1 amide bonds. The average Bonchev–Trinajstić information content (AvgIpc) is 2.62. The summed E-state index contributed by atoms with van der Waals surface area (Å²) in [4.78, 5) is 23.8. The third-order valence-electron chi connectivity index (χ3n) is 3.94. The number of aliphatic carboxylic acids is 1. The first-order valence-electron chi connectivity index (χ1n) is 8.19. The lowest BCUT2D eigenvalue weighted by atomic mass is 10.1. The molecule has 0 aliphatic heterocycles. The molecule has 0 aliphatic rings. The van der Waals surface area contributed by atoms with Gasteiger partial charge in [-0.05, 0) is 23.3 Å². The van der Waals surface area contributed by atoms with Crippen LogP contribution in [0.4, 0.5) is 0 Å². The number of hydrogen-bond acceptors (Lipinski definition) is 4. The zero-order chi connectivity index (χ0) is 19.2. The van der Waals surface area contributed by atoms with Crippen LogP contribution in [0.5, 0.6) is 0 Å². The van der Waals surface area contributed by atoms with Gasteiger partial charge in [-0.15, -0.1) is 0 Å². The average molecular weight is 375 g/mol. The van der Waals surface area contributed by atoms with Crippen molar-refractivity contribution in [2.45, 2.75) is 30.7 Å². The van der Waals surface area contributed by atoms with E-state index in [2.05, 4.69) is 5.32 Å². The molecule has 2 aromatic rings. The summed E-state index contributed by atoms with van der Waals surface area (Å²) in [6, 6.07) is 14.1. The molecule has 0 heterocycles. The van der Waals surface area contributed by atoms with E-state index in [9.17, 15) is 23.1 Å². The SMILES string of the molecule is CCS(=O)(=O)c1ccc(CC(=O)NC(Cc2ccccc2)C(=O)O)cc1. The van der Waals surface area contributed by atoms with Crippen LogP contribution in [0.1, 0.15) is 18.1 Å². The molecule has 6 nitrogen and oxygen atoms in total. The number of benzene rings is 2. The van der Waals surface area contributed by atoms with E-state index in [0.717, 1.165) is 5.56 Å². The molecule has 0 fully saturated rings. The molecule has 138 valence electrons. The smallest absolute Gasteiger partial charge is 0.326 e. The van der Waals surface area contributed by atoms with Crippen molar-refractivity contribution in [1.82, 2.24) is 5.32 Å². The summed E-state index contributed by atoms with van der Waals surface area (Å²) in [5, 5.41) is 11.8. The molecule has 1 unspecified atom stereocenters. The fraction of sp³-hybridized carbons (Fsp3) is 0.263. The van der Waals surface area contributed by atoms with Gasteiger partial charge in [-0.1, -0.05) is 49.4 Å². The van der Waals surface area contributed by atoms with E-state index in [1.165, 1.54) is 12.1 Å². The Balaban J connectivity index is 2.01. The molecule has 0 saturated carbocycles. The van der Waals surface area contributed by atoms with Crippen molar-refractivity contribution in [3.05, 3.63) is 65.7 Å². The molecule has 0 bridgehead atoms. The molecule has 0 aromatic heterocycles. The van der Waals surface area contributed by atoms with Gasteiger partial charge < -0.3 is 10.4 Å². The van der Waals surface area contributed by atoms with Crippen molar-refractivity contribution in [2.24, 2.45) is 0 Å². The van der Waals surface area contributed by atoms with E-state index in [-0.39, 0.29) is 23.5 Å². The normalized spacial score (nSPS) is 12.3. The van der Waals surface area contributed by atoms with Crippen LogP contribution in [0.25, 0.3) is 0 Å². The maximum atomic E-state index is 12.2. The zero-order valence-electron chi connectivity index (χ0n) is 14.4. The van der Waals surface area contributed by atoms with E-state index in [1.54, 1.807) is 31.2 Å². The summed E-state index contributed by atoms with van der Waals surface area (Å²) in [6.07, 6.45) is 0.167. The van der Waals surface area contributed by atoms with Gasteiger partial charge in [-0.2, -0.15) is 0 Å². The summed E-state index contributed by atoms with van der Waals surface area (Å²) in [6.45, 7) is 1.56. The van der Waals surface area contributed by atoms with Gasteiger partial charge in [-0.3, -0.25) is 4.79 Å². The van der Waals surface area contributed by atoms with Gasteiger partial charge >= 0.3 is 5.97 Å². The van der Waals surface area contributed by atoms with E-state index in [4.69, 9.17) is 0 Å². The number of rotatable bonds is 8. The van der Waals surface area contributed by atoms with Crippen LogP contribution in [0.3, 0.4) is 0 Å². The lowest BCUT2D eigenvalue weighted by Gasteiger charge is -2.15. The minimum atomic E-state index is -3.29. The lowest BCUT2D eigenvalue weighted by molar-refractivity contribution is -0.141. The molecule has 0 radical (unpaired) electrons. The number of hydrogen-bond donors (Lipinski definition) is 2. The van der Waals surface area contributed by atoms with Gasteiger partial charge in [0.05, 0.1) is 17.1 Å². The first-order valence-corrected chi connectivity index (χ1v) is 9.85. The molecule has 2 aromatic carbocycles. The van der Waals surface area contributed by atoms with Crippen LogP contribution < -0.4 is 5.32 Å². The Labute approximate surface area is 152 Å². The highest BCUT2D eigenvalue weighted by molar-refractivity contribution is 7.91. The predicted molar refractivity (Wildman–Crippen MR) is 97.6 cm³/mol. The van der Waals surface area contributed by atoms with Crippen LogP contribution >= 0.6 is 0 Å². The third-order valence-corrected chi connectivity index (χ3v) is 5.69. The number of carbonyl (C=O) groups excluding carboxylic acids is 1. The lowest BCUT2D eigenvalue weighted by Crippen LogP contribution is -2.43. The molecule has 7 heteroatoms. The van der Waals surface area contributed by atoms with Crippen LogP contribution in [-0.2, 0) is 32.3 Å². The van der Waals surface area contributed by atoms with Crippen LogP contribution in [0.2, 0.25) is 0 Å². The van der Waals surface area contributed by atoms with Crippen molar-refractivity contribution >= 4 is 21.7 Å². The molecular formula is C19H21NO5S. The quantitative estimate of drug-likeness (QED) is 0.733. The molecule has 2 rings (SSSR count). The largest absolute Gasteiger partial charge is 0.480 e. The first-order chi connectivity index (χ1) is 12.3. The number of carboxylic acids is 1. The van der Waals surface area contributed by atoms with Crippen molar-refractivity contribution in [1.29, 1.82) is 0 Å². The first kappa shape index (κ1) is 19.7. The Bertz CT molecular complexity index is 861. The highest BCUT2D eigenvalue weighted by Gasteiger charge is 2.20. The van der Waals surface area contributed by atoms with Crippen molar-refractivity contribution in [3.8, 4) is 0 Å². The number of carbonyl (C=O) groups is 2. The molecule has 0 spiro atoms. The Morgan fingerprint density at radius 1 is 1.00 bits per heavy atom. The highest BCUT2D eigenvalue weighted by atomic mass is 32.2. The minimum absolute atomic E-state index is 0.00656. The van der Waals surface area contributed by atoms with E-state index in [0.29, 0.717) is 5.56 Å². The van der Waals surface area contributed by atoms with Crippen LogP contribution in [-0.4, -0.2) is 37.2 Å². The molecular weight excluding hydrogens is 354 g/mol. The number of sulfone groups is 1. The Morgan fingerprint density at radius 3 is 2.15 bits per heavy atom. The molecule has 0 saturated heterocycles. The molecule has 0 aliphatic carbocycles. The van der Waals surface area contributed by atoms with Gasteiger partial charge in [0, 0.05) is 6.42 Å². The Hall–Kier alpha value is -2.67. The predicted octanol–water partition coefficient (Wildman–Crippen LogP) is 1.83. The Kier molecular flexibility index (Phi) is 6.52. The van der Waals surface area contributed by atoms with Gasteiger partial charge in [-0.25, -0.2) is 13.2 Å². The summed E-state index contributed by atoms with van der Waals surface area (Å²) < 4.78 is 23.6. The minimum Gasteiger partial charge on any atom is -0.480 e. The van der Waals surface area contributed by atoms with Gasteiger partial charge in [0.1, 0.15) is 6.04 Å². The summed E-state index contributed by atoms with van der Waals surface area (Å²) >= 11 is 0. The molecule has 26 heavy (non-hydrogen) atoms. The molecule has 1 atom stereocenters. The fourth-order valence-corrected chi connectivity index (χ4v) is 3.35. The number of carboxylic acid groups (broad SMARTS) is 1. The number of nitrogens with one attached hydrogen (secondary N) is 1. The van der Waals surface area contributed by atoms with Crippen LogP contribution in [0, 0.1) is 0 Å². The number of amides is 1. The topological polar surface area (TPSA) is 101 Å². The van der Waals surface area contributed by atoms with Crippen molar-refractivity contribution < 1.29 is 23.1 Å². The fourth-order valence-electron chi connectivity index (χ4n) is 2.46. The van der Waals surface area contributed by atoms with E-state index < -0.39 is 27.8 Å². The van der Waals surface area contributed by atoms with Gasteiger partial charge in [0.25, 0.3) is 0 Å². The van der Waals surface area contributed by atoms with Gasteiger partial charge in [0.2, 0.25) is 5.91 Å². The van der Waals surface area contributed by atoms with E-state index in [1.807, 2.05) is 18.2 Å². The molecule has 2 N–H and O–H groups in total. The Morgan fingerprint density at radius 2 is 1.62 bits per heavy atom. The van der Waals surface area contributed by atoms with Crippen LogP contribution in [0.15, 0.2) is 59.5 Å². The standard InChI is InChI=1S/C19H21NO5S/c1-2-26(24,25)16-10-8-15(9-11-16)13-18(21)20-17(19(22)23)12-14-6-4-3-5-7-14/h3-11,17H,2,12-13H2,1H3,(H,20,21)(H,22,23). The van der Waals surface area contributed by atoms with Crippen molar-refractivity contribution in [3.63, 3.8) is 0 Å². The van der Waals surface area contributed by atoms with Crippen molar-refractivity contribution in [2.75, 3.05) is 5.75 Å². The summed E-state index contributed by atoms with van der Waals surface area (Å²) in [7, 11) is -3.29. The highest BCUT2D eigenvalue weighted by Crippen LogP contribution is 2.13. The summed E-state index contributed by atoms with van der Waals surface area (Å²) in [5.74, 6) is -1.53. The second-order valence-electron chi connectivity index (χ2n) is 5.87. The summed E-state index contributed by atoms with van der Waals surface area (Å²) in [5.41, 5.74) is 1.43. The van der Waals surface area contributed by atoms with E-state index >= 15 is 0 Å². The second kappa shape index (κ2) is 8.62. The maximum Gasteiger partial charge on any atom is 0.326 e. The zero-order valence-corrected chi connectivity index (χ0v) is 15.2. The van der Waals surface area contributed by atoms with Gasteiger partial charge in [0.15, 0.2) is 9.84 Å².